The van der Waals surface area contributed by atoms with E-state index in [9.17, 15) is 14.9 Å². The summed E-state index contributed by atoms with van der Waals surface area (Å²) in [4.78, 5) is 15.1. The van der Waals surface area contributed by atoms with E-state index in [2.05, 4.69) is 41.0 Å². The lowest BCUT2D eigenvalue weighted by molar-refractivity contribution is 0.511. The van der Waals surface area contributed by atoms with Crippen molar-refractivity contribution < 1.29 is 8.78 Å². The van der Waals surface area contributed by atoms with Gasteiger partial charge in [0.2, 0.25) is 0 Å². The Morgan fingerprint density at radius 1 is 0.393 bits per heavy atom. The third-order valence-electron chi connectivity index (χ3n) is 10.9. The van der Waals surface area contributed by atoms with Crippen molar-refractivity contribution in [2.75, 3.05) is 0 Å². The Bertz CT molecular complexity index is 3250. The van der Waals surface area contributed by atoms with Gasteiger partial charge in [0, 0.05) is 33.0 Å². The first-order valence-electron chi connectivity index (χ1n) is 19.5. The van der Waals surface area contributed by atoms with Gasteiger partial charge in [0.15, 0.2) is 29.1 Å². The molecule has 0 saturated carbocycles. The van der Waals surface area contributed by atoms with E-state index < -0.39 is 11.6 Å². The van der Waals surface area contributed by atoms with Crippen LogP contribution in [-0.4, -0.2) is 19.5 Å². The van der Waals surface area contributed by atoms with Crippen molar-refractivity contribution in [3.8, 4) is 85.4 Å². The summed E-state index contributed by atoms with van der Waals surface area (Å²) in [5.74, 6) is -0.742. The third-order valence-corrected chi connectivity index (χ3v) is 10.9. The lowest BCUT2D eigenvalue weighted by atomic mass is 9.98. The standard InChI is InChI=1S/C53H30F2N6/c54-46-21-11-20-42(50(46)55)35-24-27-47(45(28-35)53-59-51(33-12-3-1-4-13-33)58-52(60-53)34-14-5-2-6-15-34)61-48-29-36(40-18-9-7-16-38(40)31-56)22-25-43(48)44-26-23-37(30-49(44)61)41-19-10-8-17-39(41)32-57/h1-30H. The van der Waals surface area contributed by atoms with Gasteiger partial charge in [0.05, 0.1) is 40.0 Å². The minimum Gasteiger partial charge on any atom is -0.308 e. The minimum atomic E-state index is -0.967. The first-order chi connectivity index (χ1) is 30.0. The van der Waals surface area contributed by atoms with Gasteiger partial charge in [-0.3, -0.25) is 0 Å². The Balaban J connectivity index is 1.33. The molecule has 0 aliphatic heterocycles. The molecular formula is C53H30F2N6. The van der Waals surface area contributed by atoms with Gasteiger partial charge in [0.1, 0.15) is 0 Å². The van der Waals surface area contributed by atoms with Crippen LogP contribution in [0.5, 0.6) is 0 Å². The van der Waals surface area contributed by atoms with Crippen LogP contribution >= 0.6 is 0 Å². The SMILES string of the molecule is N#Cc1ccccc1-c1ccc2c3ccc(-c4ccccc4C#N)cc3n(-c3ccc(-c4cccc(F)c4F)cc3-c3nc(-c4ccccc4)nc(-c4ccccc4)n3)c2c1. The number of hydrogen-bond donors (Lipinski definition) is 0. The maximum Gasteiger partial charge on any atom is 0.166 e. The van der Waals surface area contributed by atoms with Crippen LogP contribution in [-0.2, 0) is 0 Å². The van der Waals surface area contributed by atoms with Gasteiger partial charge in [-0.1, -0.05) is 140 Å². The lowest BCUT2D eigenvalue weighted by Crippen LogP contribution is -2.04. The quantitative estimate of drug-likeness (QED) is 0.160. The Hall–Kier alpha value is -8.59. The molecule has 10 aromatic rings. The number of nitriles is 2. The molecule has 0 aliphatic rings. The van der Waals surface area contributed by atoms with Crippen molar-refractivity contribution in [1.29, 1.82) is 10.5 Å². The summed E-state index contributed by atoms with van der Waals surface area (Å²) in [6.45, 7) is 0. The summed E-state index contributed by atoms with van der Waals surface area (Å²) in [7, 11) is 0. The molecule has 0 fully saturated rings. The van der Waals surface area contributed by atoms with Crippen LogP contribution in [0.2, 0.25) is 0 Å². The van der Waals surface area contributed by atoms with Crippen LogP contribution in [0.3, 0.4) is 0 Å². The molecule has 61 heavy (non-hydrogen) atoms. The van der Waals surface area contributed by atoms with Gasteiger partial charge in [0.25, 0.3) is 0 Å². The first kappa shape index (κ1) is 36.7. The normalized spacial score (nSPS) is 11.1. The van der Waals surface area contributed by atoms with Crippen LogP contribution in [0.1, 0.15) is 11.1 Å². The molecule has 2 heterocycles. The zero-order valence-electron chi connectivity index (χ0n) is 32.3. The molecule has 0 N–H and O–H groups in total. The van der Waals surface area contributed by atoms with Gasteiger partial charge >= 0.3 is 0 Å². The molecule has 10 rings (SSSR count). The van der Waals surface area contributed by atoms with Crippen molar-refractivity contribution in [2.24, 2.45) is 0 Å². The maximum absolute atomic E-state index is 15.7. The van der Waals surface area contributed by atoms with E-state index in [0.717, 1.165) is 61.3 Å². The highest BCUT2D eigenvalue weighted by atomic mass is 19.2. The van der Waals surface area contributed by atoms with Gasteiger partial charge in [-0.15, -0.1) is 0 Å². The molecule has 0 unspecified atom stereocenters. The van der Waals surface area contributed by atoms with Crippen LogP contribution in [0.15, 0.2) is 182 Å². The van der Waals surface area contributed by atoms with Crippen LogP contribution in [0, 0.1) is 34.3 Å². The number of nitrogens with zero attached hydrogens (tertiary/aromatic N) is 6. The molecule has 6 nitrogen and oxygen atoms in total. The summed E-state index contributed by atoms with van der Waals surface area (Å²) in [5.41, 5.74) is 9.17. The average molecular weight is 789 g/mol. The average Bonchev–Trinajstić information content (AvgIpc) is 3.65. The lowest BCUT2D eigenvalue weighted by Gasteiger charge is -2.17. The minimum absolute atomic E-state index is 0.0847. The molecular weight excluding hydrogens is 759 g/mol. The highest BCUT2D eigenvalue weighted by molar-refractivity contribution is 6.12. The molecule has 8 heteroatoms. The fraction of sp³-hybridized carbons (Fsp3) is 0. The van der Waals surface area contributed by atoms with E-state index in [1.807, 2.05) is 115 Å². The third kappa shape index (κ3) is 6.55. The summed E-state index contributed by atoms with van der Waals surface area (Å²) >= 11 is 0. The highest BCUT2D eigenvalue weighted by Crippen LogP contribution is 2.41. The van der Waals surface area contributed by atoms with E-state index in [1.165, 1.54) is 6.07 Å². The molecule has 8 aromatic carbocycles. The van der Waals surface area contributed by atoms with Gasteiger partial charge in [-0.2, -0.15) is 10.5 Å². The Kier molecular flexibility index (Phi) is 9.21. The molecule has 0 saturated heterocycles. The number of aromatic nitrogens is 4. The Labute approximate surface area is 349 Å². The van der Waals surface area contributed by atoms with Crippen molar-refractivity contribution in [3.63, 3.8) is 0 Å². The van der Waals surface area contributed by atoms with Crippen molar-refractivity contribution in [1.82, 2.24) is 19.5 Å². The summed E-state index contributed by atoms with van der Waals surface area (Å²) in [5, 5.41) is 22.1. The summed E-state index contributed by atoms with van der Waals surface area (Å²) in [6, 6.07) is 60.7. The molecule has 0 spiro atoms. The van der Waals surface area contributed by atoms with Crippen LogP contribution < -0.4 is 0 Å². The fourth-order valence-electron chi connectivity index (χ4n) is 8.01. The van der Waals surface area contributed by atoms with E-state index >= 15 is 4.39 Å². The summed E-state index contributed by atoms with van der Waals surface area (Å²) < 4.78 is 32.6. The summed E-state index contributed by atoms with van der Waals surface area (Å²) in [6.07, 6.45) is 0. The zero-order chi connectivity index (χ0) is 41.5. The molecule has 0 bridgehead atoms. The van der Waals surface area contributed by atoms with Gasteiger partial charge in [-0.05, 0) is 70.3 Å². The van der Waals surface area contributed by atoms with E-state index in [-0.39, 0.29) is 5.56 Å². The number of benzene rings is 8. The van der Waals surface area contributed by atoms with E-state index in [0.29, 0.717) is 45.4 Å². The maximum atomic E-state index is 15.7. The smallest absolute Gasteiger partial charge is 0.166 e. The topological polar surface area (TPSA) is 91.2 Å². The van der Waals surface area contributed by atoms with Crippen molar-refractivity contribution >= 4 is 21.8 Å². The molecule has 0 aliphatic carbocycles. The second-order valence-electron chi connectivity index (χ2n) is 14.5. The second kappa shape index (κ2) is 15.3. The predicted octanol–water partition coefficient (Wildman–Crippen LogP) is 13.0. The largest absolute Gasteiger partial charge is 0.308 e. The van der Waals surface area contributed by atoms with E-state index in [1.54, 1.807) is 30.3 Å². The molecule has 0 amide bonds. The molecule has 286 valence electrons. The highest BCUT2D eigenvalue weighted by Gasteiger charge is 2.23. The monoisotopic (exact) mass is 788 g/mol. The zero-order valence-corrected chi connectivity index (χ0v) is 32.3. The fourth-order valence-corrected chi connectivity index (χ4v) is 8.01. The predicted molar refractivity (Wildman–Crippen MR) is 236 cm³/mol. The first-order valence-corrected chi connectivity index (χ1v) is 19.5. The Morgan fingerprint density at radius 2 is 0.852 bits per heavy atom. The van der Waals surface area contributed by atoms with Crippen molar-refractivity contribution in [3.05, 3.63) is 205 Å². The van der Waals surface area contributed by atoms with E-state index in [4.69, 9.17) is 15.0 Å². The Morgan fingerprint density at radius 3 is 1.39 bits per heavy atom. The number of hydrogen-bond acceptors (Lipinski definition) is 5. The molecule has 2 aromatic heterocycles. The van der Waals surface area contributed by atoms with Gasteiger partial charge < -0.3 is 4.57 Å². The second-order valence-corrected chi connectivity index (χ2v) is 14.5. The number of fused-ring (bicyclic) bond motifs is 3. The van der Waals surface area contributed by atoms with Crippen LogP contribution in [0.25, 0.3) is 95.0 Å². The molecule has 0 atom stereocenters. The molecule has 0 radical (unpaired) electrons. The number of halogens is 2. The van der Waals surface area contributed by atoms with Gasteiger partial charge in [-0.25, -0.2) is 23.7 Å². The van der Waals surface area contributed by atoms with Crippen molar-refractivity contribution in [2.45, 2.75) is 0 Å². The number of rotatable bonds is 7. The van der Waals surface area contributed by atoms with Crippen LogP contribution in [0.4, 0.5) is 8.78 Å².